The molecule has 122 valence electrons. The van der Waals surface area contributed by atoms with Crippen LogP contribution in [0.25, 0.3) is 0 Å². The second-order valence-corrected chi connectivity index (χ2v) is 5.29. The van der Waals surface area contributed by atoms with Gasteiger partial charge in [0, 0.05) is 11.8 Å². The number of carbonyl (C=O) groups is 1. The molecule has 0 saturated carbocycles. The number of amides is 1. The lowest BCUT2D eigenvalue weighted by molar-refractivity contribution is -0.116. The molecule has 0 aliphatic heterocycles. The fourth-order valence-electron chi connectivity index (χ4n) is 2.19. The van der Waals surface area contributed by atoms with Crippen LogP contribution in [-0.2, 0) is 4.79 Å². The van der Waals surface area contributed by atoms with Crippen LogP contribution in [0.5, 0.6) is 11.5 Å². The predicted octanol–water partition coefficient (Wildman–Crippen LogP) is 3.45. The van der Waals surface area contributed by atoms with E-state index in [2.05, 4.69) is 10.6 Å². The summed E-state index contributed by atoms with van der Waals surface area (Å²) in [6.07, 6.45) is 0. The molecular formula is C18H22N2O3. The van der Waals surface area contributed by atoms with Gasteiger partial charge in [-0.3, -0.25) is 4.79 Å². The van der Waals surface area contributed by atoms with Crippen molar-refractivity contribution in [2.24, 2.45) is 0 Å². The van der Waals surface area contributed by atoms with Crippen molar-refractivity contribution in [2.75, 3.05) is 24.9 Å². The first-order valence-corrected chi connectivity index (χ1v) is 7.39. The predicted molar refractivity (Wildman–Crippen MR) is 92.4 cm³/mol. The number of nitrogens with one attached hydrogen (secondary N) is 2. The van der Waals surface area contributed by atoms with E-state index in [-0.39, 0.29) is 5.91 Å². The summed E-state index contributed by atoms with van der Waals surface area (Å²) >= 11 is 0. The second kappa shape index (κ2) is 7.54. The van der Waals surface area contributed by atoms with Crippen molar-refractivity contribution >= 4 is 17.3 Å². The lowest BCUT2D eigenvalue weighted by Gasteiger charge is -2.18. The van der Waals surface area contributed by atoms with E-state index in [0.717, 1.165) is 16.9 Å². The smallest absolute Gasteiger partial charge is 0.246 e. The summed E-state index contributed by atoms with van der Waals surface area (Å²) in [4.78, 5) is 12.3. The van der Waals surface area contributed by atoms with Gasteiger partial charge in [0.05, 0.1) is 19.9 Å². The SMILES string of the molecule is COc1ccc(N[C@H](C)C(=O)Nc2cccc(C)c2)c(OC)c1. The fraction of sp³-hybridized carbons (Fsp3) is 0.278. The van der Waals surface area contributed by atoms with Gasteiger partial charge in [-0.1, -0.05) is 12.1 Å². The Kier molecular flexibility index (Phi) is 5.46. The highest BCUT2D eigenvalue weighted by molar-refractivity contribution is 5.96. The number of methoxy groups -OCH3 is 2. The van der Waals surface area contributed by atoms with Crippen LogP contribution in [-0.4, -0.2) is 26.2 Å². The van der Waals surface area contributed by atoms with E-state index in [9.17, 15) is 4.79 Å². The molecule has 0 aliphatic carbocycles. The van der Waals surface area contributed by atoms with Gasteiger partial charge in [-0.25, -0.2) is 0 Å². The summed E-state index contributed by atoms with van der Waals surface area (Å²) in [6.45, 7) is 3.79. The Morgan fingerprint density at radius 3 is 2.52 bits per heavy atom. The van der Waals surface area contributed by atoms with Gasteiger partial charge in [0.1, 0.15) is 17.5 Å². The maximum atomic E-state index is 12.3. The van der Waals surface area contributed by atoms with Crippen molar-refractivity contribution in [3.63, 3.8) is 0 Å². The molecule has 5 heteroatoms. The number of aryl methyl sites for hydroxylation is 1. The van der Waals surface area contributed by atoms with E-state index in [4.69, 9.17) is 9.47 Å². The molecule has 2 rings (SSSR count). The molecule has 0 fully saturated rings. The van der Waals surface area contributed by atoms with Crippen LogP contribution in [0.3, 0.4) is 0 Å². The van der Waals surface area contributed by atoms with E-state index in [1.165, 1.54) is 0 Å². The fourth-order valence-corrected chi connectivity index (χ4v) is 2.19. The van der Waals surface area contributed by atoms with Crippen molar-refractivity contribution in [3.8, 4) is 11.5 Å². The van der Waals surface area contributed by atoms with Crippen molar-refractivity contribution in [1.29, 1.82) is 0 Å². The molecule has 0 spiro atoms. The summed E-state index contributed by atoms with van der Waals surface area (Å²) in [5.74, 6) is 1.21. The molecular weight excluding hydrogens is 292 g/mol. The monoisotopic (exact) mass is 314 g/mol. The molecule has 23 heavy (non-hydrogen) atoms. The standard InChI is InChI=1S/C18H22N2O3/c1-12-6-5-7-14(10-12)20-18(21)13(2)19-16-9-8-15(22-3)11-17(16)23-4/h5-11,13,19H,1-4H3,(H,20,21)/t13-/m1/s1. The molecule has 1 amide bonds. The largest absolute Gasteiger partial charge is 0.497 e. The Balaban J connectivity index is 2.06. The number of anilines is 2. The van der Waals surface area contributed by atoms with Crippen molar-refractivity contribution in [2.45, 2.75) is 19.9 Å². The molecule has 2 aromatic carbocycles. The number of hydrogen-bond acceptors (Lipinski definition) is 4. The average molecular weight is 314 g/mol. The van der Waals surface area contributed by atoms with E-state index in [1.54, 1.807) is 27.2 Å². The highest BCUT2D eigenvalue weighted by Gasteiger charge is 2.15. The molecule has 0 saturated heterocycles. The first kappa shape index (κ1) is 16.7. The Morgan fingerprint density at radius 2 is 1.87 bits per heavy atom. The minimum Gasteiger partial charge on any atom is -0.497 e. The highest BCUT2D eigenvalue weighted by Crippen LogP contribution is 2.29. The first-order valence-electron chi connectivity index (χ1n) is 7.39. The van der Waals surface area contributed by atoms with Crippen LogP contribution in [0.1, 0.15) is 12.5 Å². The van der Waals surface area contributed by atoms with Crippen LogP contribution in [0.2, 0.25) is 0 Å². The molecule has 0 heterocycles. The van der Waals surface area contributed by atoms with E-state index in [1.807, 2.05) is 43.3 Å². The topological polar surface area (TPSA) is 59.6 Å². The summed E-state index contributed by atoms with van der Waals surface area (Å²) < 4.78 is 10.5. The van der Waals surface area contributed by atoms with Gasteiger partial charge < -0.3 is 20.1 Å². The molecule has 0 aromatic heterocycles. The number of benzene rings is 2. The summed E-state index contributed by atoms with van der Waals surface area (Å²) in [7, 11) is 3.18. The van der Waals surface area contributed by atoms with Gasteiger partial charge in [-0.2, -0.15) is 0 Å². The third-order valence-electron chi connectivity index (χ3n) is 3.46. The minimum atomic E-state index is -0.419. The maximum absolute atomic E-state index is 12.3. The Labute approximate surface area is 136 Å². The van der Waals surface area contributed by atoms with Crippen LogP contribution in [0, 0.1) is 6.92 Å². The zero-order chi connectivity index (χ0) is 16.8. The first-order chi connectivity index (χ1) is 11.0. The van der Waals surface area contributed by atoms with Crippen molar-refractivity contribution < 1.29 is 14.3 Å². The number of hydrogen-bond donors (Lipinski definition) is 2. The number of carbonyl (C=O) groups excluding carboxylic acids is 1. The lowest BCUT2D eigenvalue weighted by Crippen LogP contribution is -2.32. The molecule has 0 unspecified atom stereocenters. The maximum Gasteiger partial charge on any atom is 0.246 e. The summed E-state index contributed by atoms with van der Waals surface area (Å²) in [5.41, 5.74) is 2.62. The molecule has 2 N–H and O–H groups in total. The highest BCUT2D eigenvalue weighted by atomic mass is 16.5. The molecule has 5 nitrogen and oxygen atoms in total. The van der Waals surface area contributed by atoms with Gasteiger partial charge in [0.15, 0.2) is 0 Å². The van der Waals surface area contributed by atoms with Crippen LogP contribution < -0.4 is 20.1 Å². The van der Waals surface area contributed by atoms with Gasteiger partial charge in [-0.05, 0) is 43.7 Å². The number of ether oxygens (including phenoxy) is 2. The van der Waals surface area contributed by atoms with Crippen LogP contribution >= 0.6 is 0 Å². The van der Waals surface area contributed by atoms with E-state index < -0.39 is 6.04 Å². The van der Waals surface area contributed by atoms with Crippen molar-refractivity contribution in [1.82, 2.24) is 0 Å². The number of rotatable bonds is 6. The third kappa shape index (κ3) is 4.39. The molecule has 2 aromatic rings. The van der Waals surface area contributed by atoms with Crippen LogP contribution in [0.4, 0.5) is 11.4 Å². The zero-order valence-electron chi connectivity index (χ0n) is 13.8. The third-order valence-corrected chi connectivity index (χ3v) is 3.46. The second-order valence-electron chi connectivity index (χ2n) is 5.29. The molecule has 1 atom stereocenters. The Morgan fingerprint density at radius 1 is 1.09 bits per heavy atom. The van der Waals surface area contributed by atoms with E-state index >= 15 is 0 Å². The molecule has 0 bridgehead atoms. The lowest BCUT2D eigenvalue weighted by atomic mass is 10.2. The zero-order valence-corrected chi connectivity index (χ0v) is 13.8. The van der Waals surface area contributed by atoms with Gasteiger partial charge in [0.25, 0.3) is 0 Å². The van der Waals surface area contributed by atoms with Crippen molar-refractivity contribution in [3.05, 3.63) is 48.0 Å². The van der Waals surface area contributed by atoms with Crippen LogP contribution in [0.15, 0.2) is 42.5 Å². The van der Waals surface area contributed by atoms with E-state index in [0.29, 0.717) is 11.5 Å². The quantitative estimate of drug-likeness (QED) is 0.857. The summed E-state index contributed by atoms with van der Waals surface area (Å²) in [5, 5.41) is 6.05. The average Bonchev–Trinajstić information content (AvgIpc) is 2.55. The molecule has 0 radical (unpaired) electrons. The van der Waals surface area contributed by atoms with Gasteiger partial charge in [0.2, 0.25) is 5.91 Å². The van der Waals surface area contributed by atoms with Gasteiger partial charge in [-0.15, -0.1) is 0 Å². The molecule has 0 aliphatic rings. The normalized spacial score (nSPS) is 11.5. The minimum absolute atomic E-state index is 0.117. The Hall–Kier alpha value is -2.69. The summed E-state index contributed by atoms with van der Waals surface area (Å²) in [6, 6.07) is 12.7. The van der Waals surface area contributed by atoms with Gasteiger partial charge >= 0.3 is 0 Å². The Bertz CT molecular complexity index is 686.